The van der Waals surface area contributed by atoms with E-state index in [2.05, 4.69) is 10.2 Å². The van der Waals surface area contributed by atoms with Crippen LogP contribution in [0.2, 0.25) is 0 Å². The van der Waals surface area contributed by atoms with E-state index in [-0.39, 0.29) is 12.3 Å². The van der Waals surface area contributed by atoms with Crippen molar-refractivity contribution in [1.29, 1.82) is 0 Å². The molecule has 1 N–H and O–H groups in total. The average Bonchev–Trinajstić information content (AvgIpc) is 2.76. The van der Waals surface area contributed by atoms with Crippen molar-refractivity contribution in [1.82, 2.24) is 15.1 Å². The largest absolute Gasteiger partial charge is 0.330 e. The Morgan fingerprint density at radius 2 is 1.83 bits per heavy atom. The van der Waals surface area contributed by atoms with Gasteiger partial charge in [0.1, 0.15) is 6.42 Å². The van der Waals surface area contributed by atoms with Gasteiger partial charge in [0.05, 0.1) is 0 Å². The van der Waals surface area contributed by atoms with Gasteiger partial charge in [-0.25, -0.2) is 4.79 Å². The minimum Gasteiger partial charge on any atom is -0.303 e. The van der Waals surface area contributed by atoms with Gasteiger partial charge in [-0.2, -0.15) is 0 Å². The summed E-state index contributed by atoms with van der Waals surface area (Å²) in [5, 5.41) is 2.17. The standard InChI is InChI=1S/C12H19N3O3/c1-9(7-14-4-2-3-5-14)8-15-11(17)6-10(16)13-12(15)18/h9H,2-8H2,1H3,(H,13,16,18). The number of hydrogen-bond acceptors (Lipinski definition) is 4. The first kappa shape index (κ1) is 13.0. The van der Waals surface area contributed by atoms with E-state index >= 15 is 0 Å². The molecule has 0 aliphatic carbocycles. The summed E-state index contributed by atoms with van der Waals surface area (Å²) in [6, 6.07) is -0.579. The number of carbonyl (C=O) groups is 3. The number of nitrogens with zero attached hydrogens (tertiary/aromatic N) is 2. The second-order valence-electron chi connectivity index (χ2n) is 5.15. The highest BCUT2D eigenvalue weighted by Crippen LogP contribution is 2.12. The van der Waals surface area contributed by atoms with Gasteiger partial charge in [-0.05, 0) is 31.8 Å². The summed E-state index contributed by atoms with van der Waals surface area (Å²) in [7, 11) is 0. The first-order valence-corrected chi connectivity index (χ1v) is 6.43. The summed E-state index contributed by atoms with van der Waals surface area (Å²) >= 11 is 0. The molecule has 0 aromatic carbocycles. The van der Waals surface area contributed by atoms with Crippen molar-refractivity contribution in [3.8, 4) is 0 Å². The van der Waals surface area contributed by atoms with Gasteiger partial charge in [0, 0.05) is 13.1 Å². The lowest BCUT2D eigenvalue weighted by atomic mass is 10.1. The Hall–Kier alpha value is -1.43. The van der Waals surface area contributed by atoms with Crippen molar-refractivity contribution in [3.63, 3.8) is 0 Å². The van der Waals surface area contributed by atoms with E-state index in [4.69, 9.17) is 0 Å². The monoisotopic (exact) mass is 253 g/mol. The normalized spacial score (nSPS) is 23.4. The zero-order chi connectivity index (χ0) is 13.1. The summed E-state index contributed by atoms with van der Waals surface area (Å²) in [6.45, 7) is 5.50. The Balaban J connectivity index is 1.85. The number of amides is 4. The second kappa shape index (κ2) is 5.48. The van der Waals surface area contributed by atoms with Crippen LogP contribution in [0, 0.1) is 5.92 Å². The summed E-state index contributed by atoms with van der Waals surface area (Å²) in [5.41, 5.74) is 0. The maximum atomic E-state index is 11.6. The Bertz CT molecular complexity index is 344. The Morgan fingerprint density at radius 1 is 1.17 bits per heavy atom. The van der Waals surface area contributed by atoms with Crippen LogP contribution in [-0.2, 0) is 9.59 Å². The molecule has 0 bridgehead atoms. The van der Waals surface area contributed by atoms with E-state index in [9.17, 15) is 14.4 Å². The van der Waals surface area contributed by atoms with E-state index in [0.29, 0.717) is 6.54 Å². The van der Waals surface area contributed by atoms with Crippen LogP contribution in [-0.4, -0.2) is 53.8 Å². The van der Waals surface area contributed by atoms with E-state index in [1.807, 2.05) is 6.92 Å². The predicted molar refractivity (Wildman–Crippen MR) is 64.7 cm³/mol. The molecule has 6 nitrogen and oxygen atoms in total. The number of carbonyl (C=O) groups excluding carboxylic acids is 3. The Labute approximate surface area is 106 Å². The number of rotatable bonds is 4. The van der Waals surface area contributed by atoms with Crippen LogP contribution in [0.25, 0.3) is 0 Å². The molecular weight excluding hydrogens is 234 g/mol. The molecule has 2 heterocycles. The maximum absolute atomic E-state index is 11.6. The van der Waals surface area contributed by atoms with E-state index in [1.165, 1.54) is 12.8 Å². The third-order valence-corrected chi connectivity index (χ3v) is 3.37. The van der Waals surface area contributed by atoms with Crippen LogP contribution in [0.1, 0.15) is 26.2 Å². The molecular formula is C12H19N3O3. The quantitative estimate of drug-likeness (QED) is 0.726. The van der Waals surface area contributed by atoms with Crippen LogP contribution in [0.15, 0.2) is 0 Å². The van der Waals surface area contributed by atoms with Crippen molar-refractivity contribution in [2.45, 2.75) is 26.2 Å². The molecule has 1 atom stereocenters. The number of nitrogens with one attached hydrogen (secondary N) is 1. The highest BCUT2D eigenvalue weighted by molar-refractivity contribution is 6.14. The van der Waals surface area contributed by atoms with Crippen molar-refractivity contribution in [2.75, 3.05) is 26.2 Å². The lowest BCUT2D eigenvalue weighted by Gasteiger charge is -2.29. The second-order valence-corrected chi connectivity index (χ2v) is 5.15. The van der Waals surface area contributed by atoms with E-state index in [0.717, 1.165) is 24.5 Å². The van der Waals surface area contributed by atoms with Crippen LogP contribution < -0.4 is 5.32 Å². The summed E-state index contributed by atoms with van der Waals surface area (Å²) in [5.74, 6) is -0.670. The fraction of sp³-hybridized carbons (Fsp3) is 0.750. The Morgan fingerprint density at radius 3 is 2.44 bits per heavy atom. The number of likely N-dealkylation sites (tertiary alicyclic amines) is 1. The molecule has 100 valence electrons. The summed E-state index contributed by atoms with van der Waals surface area (Å²) in [6.07, 6.45) is 2.23. The number of urea groups is 1. The highest BCUT2D eigenvalue weighted by atomic mass is 16.2. The van der Waals surface area contributed by atoms with Gasteiger partial charge in [0.2, 0.25) is 11.8 Å². The fourth-order valence-electron chi connectivity index (χ4n) is 2.54. The molecule has 18 heavy (non-hydrogen) atoms. The lowest BCUT2D eigenvalue weighted by Crippen LogP contribution is -2.54. The third kappa shape index (κ3) is 3.07. The number of imide groups is 2. The van der Waals surface area contributed by atoms with Gasteiger partial charge in [-0.3, -0.25) is 19.8 Å². The van der Waals surface area contributed by atoms with Crippen molar-refractivity contribution in [3.05, 3.63) is 0 Å². The molecule has 1 unspecified atom stereocenters. The summed E-state index contributed by atoms with van der Waals surface area (Å²) < 4.78 is 0. The topological polar surface area (TPSA) is 69.7 Å². The molecule has 0 spiro atoms. The van der Waals surface area contributed by atoms with Gasteiger partial charge < -0.3 is 4.90 Å². The van der Waals surface area contributed by atoms with Gasteiger partial charge in [-0.15, -0.1) is 0 Å². The zero-order valence-corrected chi connectivity index (χ0v) is 10.6. The molecule has 0 radical (unpaired) electrons. The molecule has 2 saturated heterocycles. The summed E-state index contributed by atoms with van der Waals surface area (Å²) in [4.78, 5) is 37.7. The van der Waals surface area contributed by atoms with Crippen molar-refractivity contribution >= 4 is 17.8 Å². The number of hydrogen-bond donors (Lipinski definition) is 1. The molecule has 4 amide bonds. The molecule has 0 aromatic heterocycles. The zero-order valence-electron chi connectivity index (χ0n) is 10.6. The van der Waals surface area contributed by atoms with E-state index < -0.39 is 17.8 Å². The minimum absolute atomic E-state index is 0.220. The Kier molecular flexibility index (Phi) is 3.96. The van der Waals surface area contributed by atoms with Crippen molar-refractivity contribution < 1.29 is 14.4 Å². The molecule has 2 aliphatic heterocycles. The van der Waals surface area contributed by atoms with Crippen LogP contribution in [0.3, 0.4) is 0 Å². The predicted octanol–water partition coefficient (Wildman–Crippen LogP) is 0.187. The average molecular weight is 253 g/mol. The van der Waals surface area contributed by atoms with Gasteiger partial charge >= 0.3 is 6.03 Å². The first-order chi connectivity index (χ1) is 8.56. The molecule has 2 aliphatic rings. The van der Waals surface area contributed by atoms with Gasteiger partial charge in [0.15, 0.2) is 0 Å². The first-order valence-electron chi connectivity index (χ1n) is 6.43. The minimum atomic E-state index is -0.579. The lowest BCUT2D eigenvalue weighted by molar-refractivity contribution is -0.136. The molecule has 2 fully saturated rings. The maximum Gasteiger partial charge on any atom is 0.330 e. The van der Waals surface area contributed by atoms with Crippen molar-refractivity contribution in [2.24, 2.45) is 5.92 Å². The molecule has 2 rings (SSSR count). The molecule has 6 heteroatoms. The van der Waals surface area contributed by atoms with Gasteiger partial charge in [-0.1, -0.05) is 6.92 Å². The van der Waals surface area contributed by atoms with Crippen LogP contribution in [0.5, 0.6) is 0 Å². The van der Waals surface area contributed by atoms with E-state index in [1.54, 1.807) is 0 Å². The SMILES string of the molecule is CC(CN1CCCC1)CN1C(=O)CC(=O)NC1=O. The highest BCUT2D eigenvalue weighted by Gasteiger charge is 2.31. The van der Waals surface area contributed by atoms with Gasteiger partial charge in [0.25, 0.3) is 0 Å². The van der Waals surface area contributed by atoms with Crippen LogP contribution in [0.4, 0.5) is 4.79 Å². The number of barbiturate groups is 1. The smallest absolute Gasteiger partial charge is 0.303 e. The van der Waals surface area contributed by atoms with Crippen LogP contribution >= 0.6 is 0 Å². The molecule has 0 saturated carbocycles. The molecule has 0 aromatic rings. The third-order valence-electron chi connectivity index (χ3n) is 3.37. The fourth-order valence-corrected chi connectivity index (χ4v) is 2.54.